The maximum absolute atomic E-state index is 5.81. The summed E-state index contributed by atoms with van der Waals surface area (Å²) >= 11 is 0. The lowest BCUT2D eigenvalue weighted by atomic mass is 9.83. The molecule has 0 spiro atoms. The van der Waals surface area contributed by atoms with Crippen molar-refractivity contribution < 1.29 is 9.47 Å². The Morgan fingerprint density at radius 1 is 1.08 bits per heavy atom. The first-order valence-electron chi connectivity index (χ1n) is 8.64. The molecule has 0 aliphatic heterocycles. The van der Waals surface area contributed by atoms with Crippen molar-refractivity contribution in [2.45, 2.75) is 38.2 Å². The summed E-state index contributed by atoms with van der Waals surface area (Å²) in [4.78, 5) is 4.63. The van der Waals surface area contributed by atoms with Crippen LogP contribution < -0.4 is 4.74 Å². The lowest BCUT2D eigenvalue weighted by molar-refractivity contribution is 0.232. The third-order valence-electron chi connectivity index (χ3n) is 4.59. The van der Waals surface area contributed by atoms with Crippen LogP contribution in [0.3, 0.4) is 0 Å². The standard InChI is InChI=1S/C21H25NO2/c1-23-14-13-17-7-9-19(10-8-17)21-12-11-20(15-22-21)24-16-18-5-3-2-4-6-18/h2-6,11-13,15,19H,7-10,14,16H2,1H3. The van der Waals surface area contributed by atoms with Crippen LogP contribution in [0.1, 0.15) is 42.9 Å². The van der Waals surface area contributed by atoms with Gasteiger partial charge in [-0.1, -0.05) is 42.0 Å². The molecule has 1 fully saturated rings. The van der Waals surface area contributed by atoms with Gasteiger partial charge in [-0.15, -0.1) is 0 Å². The summed E-state index contributed by atoms with van der Waals surface area (Å²) < 4.78 is 10.9. The number of ether oxygens (including phenoxy) is 2. The molecule has 0 bridgehead atoms. The quantitative estimate of drug-likeness (QED) is 0.709. The fourth-order valence-electron chi connectivity index (χ4n) is 3.15. The van der Waals surface area contributed by atoms with Crippen molar-refractivity contribution in [2.75, 3.05) is 13.7 Å². The zero-order valence-electron chi connectivity index (χ0n) is 14.3. The van der Waals surface area contributed by atoms with Crippen LogP contribution in [0.2, 0.25) is 0 Å². The van der Waals surface area contributed by atoms with Crippen LogP contribution in [0.5, 0.6) is 5.75 Å². The molecule has 1 aromatic heterocycles. The first-order valence-corrected chi connectivity index (χ1v) is 8.64. The summed E-state index contributed by atoms with van der Waals surface area (Å²) in [6.07, 6.45) is 8.74. The summed E-state index contributed by atoms with van der Waals surface area (Å²) in [6, 6.07) is 14.4. The minimum absolute atomic E-state index is 0.563. The van der Waals surface area contributed by atoms with E-state index in [1.165, 1.54) is 29.7 Å². The van der Waals surface area contributed by atoms with Crippen molar-refractivity contribution in [3.63, 3.8) is 0 Å². The van der Waals surface area contributed by atoms with Crippen LogP contribution in [0, 0.1) is 0 Å². The normalized spacial score (nSPS) is 17.5. The Kier molecular flexibility index (Phi) is 6.02. The predicted octanol–water partition coefficient (Wildman–Crippen LogP) is 4.89. The molecule has 3 nitrogen and oxygen atoms in total. The van der Waals surface area contributed by atoms with Gasteiger partial charge in [0.1, 0.15) is 12.4 Å². The average Bonchev–Trinajstić information content (AvgIpc) is 2.66. The first-order chi connectivity index (χ1) is 11.8. The Morgan fingerprint density at radius 3 is 2.54 bits per heavy atom. The average molecular weight is 323 g/mol. The fourth-order valence-corrected chi connectivity index (χ4v) is 3.15. The van der Waals surface area contributed by atoms with Gasteiger partial charge in [0.05, 0.1) is 12.8 Å². The molecule has 0 amide bonds. The second-order valence-electron chi connectivity index (χ2n) is 6.29. The molecule has 0 saturated heterocycles. The van der Waals surface area contributed by atoms with Crippen LogP contribution in [0.25, 0.3) is 0 Å². The van der Waals surface area contributed by atoms with Gasteiger partial charge in [0.15, 0.2) is 0 Å². The maximum Gasteiger partial charge on any atom is 0.138 e. The fraction of sp³-hybridized carbons (Fsp3) is 0.381. The monoisotopic (exact) mass is 323 g/mol. The number of aromatic nitrogens is 1. The van der Waals surface area contributed by atoms with Gasteiger partial charge >= 0.3 is 0 Å². The number of allylic oxidation sites excluding steroid dienone is 1. The molecule has 1 aliphatic rings. The lowest BCUT2D eigenvalue weighted by Crippen LogP contribution is -2.09. The van der Waals surface area contributed by atoms with Gasteiger partial charge in [-0.05, 0) is 43.4 Å². The van der Waals surface area contributed by atoms with Crippen LogP contribution in [-0.4, -0.2) is 18.7 Å². The molecule has 0 atom stereocenters. The zero-order chi connectivity index (χ0) is 16.6. The molecule has 1 aromatic carbocycles. The van der Waals surface area contributed by atoms with Crippen molar-refractivity contribution in [2.24, 2.45) is 0 Å². The van der Waals surface area contributed by atoms with Crippen molar-refractivity contribution in [1.82, 2.24) is 4.98 Å². The second kappa shape index (κ2) is 8.65. The van der Waals surface area contributed by atoms with Crippen molar-refractivity contribution in [1.29, 1.82) is 0 Å². The third-order valence-corrected chi connectivity index (χ3v) is 4.59. The molecule has 126 valence electrons. The molecule has 1 saturated carbocycles. The van der Waals surface area contributed by atoms with Gasteiger partial charge in [0.2, 0.25) is 0 Å². The van der Waals surface area contributed by atoms with Crippen LogP contribution >= 0.6 is 0 Å². The summed E-state index contributed by atoms with van der Waals surface area (Å²) in [5, 5.41) is 0. The lowest BCUT2D eigenvalue weighted by Gasteiger charge is -2.23. The number of hydrogen-bond acceptors (Lipinski definition) is 3. The molecule has 24 heavy (non-hydrogen) atoms. The van der Waals surface area contributed by atoms with Crippen LogP contribution in [-0.2, 0) is 11.3 Å². The van der Waals surface area contributed by atoms with Gasteiger partial charge in [-0.2, -0.15) is 0 Å². The molecule has 1 aliphatic carbocycles. The van der Waals surface area contributed by atoms with E-state index in [1.807, 2.05) is 30.5 Å². The largest absolute Gasteiger partial charge is 0.487 e. The van der Waals surface area contributed by atoms with E-state index in [9.17, 15) is 0 Å². The van der Waals surface area contributed by atoms with Crippen molar-refractivity contribution in [3.8, 4) is 5.75 Å². The predicted molar refractivity (Wildman–Crippen MR) is 96.2 cm³/mol. The number of methoxy groups -OCH3 is 1. The number of rotatable bonds is 6. The highest BCUT2D eigenvalue weighted by Crippen LogP contribution is 2.34. The molecule has 0 N–H and O–H groups in total. The topological polar surface area (TPSA) is 31.4 Å². The SMILES string of the molecule is COCC=C1CCC(c2ccc(OCc3ccccc3)cn2)CC1. The highest BCUT2D eigenvalue weighted by atomic mass is 16.5. The summed E-state index contributed by atoms with van der Waals surface area (Å²) in [5.41, 5.74) is 3.88. The molecular weight excluding hydrogens is 298 g/mol. The Morgan fingerprint density at radius 2 is 1.88 bits per heavy atom. The van der Waals surface area contributed by atoms with Crippen molar-refractivity contribution >= 4 is 0 Å². The van der Waals surface area contributed by atoms with E-state index >= 15 is 0 Å². The highest BCUT2D eigenvalue weighted by molar-refractivity contribution is 5.24. The third kappa shape index (κ3) is 4.68. The maximum atomic E-state index is 5.81. The summed E-state index contributed by atoms with van der Waals surface area (Å²) in [5.74, 6) is 1.40. The van der Waals surface area contributed by atoms with Crippen LogP contribution in [0.15, 0.2) is 60.3 Å². The van der Waals surface area contributed by atoms with E-state index < -0.39 is 0 Å². The van der Waals surface area contributed by atoms with E-state index in [-0.39, 0.29) is 0 Å². The molecule has 3 heteroatoms. The highest BCUT2D eigenvalue weighted by Gasteiger charge is 2.19. The summed E-state index contributed by atoms with van der Waals surface area (Å²) in [7, 11) is 1.74. The Hall–Kier alpha value is -2.13. The summed E-state index contributed by atoms with van der Waals surface area (Å²) in [6.45, 7) is 1.31. The molecular formula is C21H25NO2. The minimum atomic E-state index is 0.563. The van der Waals surface area contributed by atoms with Gasteiger partial charge in [0, 0.05) is 18.7 Å². The zero-order valence-corrected chi connectivity index (χ0v) is 14.3. The van der Waals surface area contributed by atoms with Gasteiger partial charge in [-0.3, -0.25) is 4.98 Å². The van der Waals surface area contributed by atoms with Gasteiger partial charge in [-0.25, -0.2) is 0 Å². The minimum Gasteiger partial charge on any atom is -0.487 e. The second-order valence-corrected chi connectivity index (χ2v) is 6.29. The number of nitrogens with zero attached hydrogens (tertiary/aromatic N) is 1. The van der Waals surface area contributed by atoms with E-state index in [1.54, 1.807) is 7.11 Å². The number of hydrogen-bond donors (Lipinski definition) is 0. The Labute approximate surface area is 144 Å². The molecule has 0 radical (unpaired) electrons. The number of pyridine rings is 1. The van der Waals surface area contributed by atoms with E-state index in [2.05, 4.69) is 29.3 Å². The van der Waals surface area contributed by atoms with Crippen LogP contribution in [0.4, 0.5) is 0 Å². The molecule has 1 heterocycles. The first kappa shape index (κ1) is 16.7. The Bertz CT molecular complexity index is 639. The smallest absolute Gasteiger partial charge is 0.138 e. The van der Waals surface area contributed by atoms with E-state index in [0.717, 1.165) is 25.2 Å². The Balaban J connectivity index is 1.51. The van der Waals surface area contributed by atoms with E-state index in [0.29, 0.717) is 12.5 Å². The number of benzene rings is 1. The van der Waals surface area contributed by atoms with Crippen molar-refractivity contribution in [3.05, 3.63) is 71.6 Å². The molecule has 3 rings (SSSR count). The van der Waals surface area contributed by atoms with Gasteiger partial charge in [0.25, 0.3) is 0 Å². The molecule has 0 unspecified atom stereocenters. The van der Waals surface area contributed by atoms with E-state index in [4.69, 9.17) is 9.47 Å². The van der Waals surface area contributed by atoms with Gasteiger partial charge < -0.3 is 9.47 Å². The molecule has 2 aromatic rings.